The molecule has 2 atom stereocenters. The lowest BCUT2D eigenvalue weighted by molar-refractivity contribution is -0.132. The molecule has 1 heterocycles. The summed E-state index contributed by atoms with van der Waals surface area (Å²) in [5.41, 5.74) is 0. The highest BCUT2D eigenvalue weighted by atomic mass is 16.5. The Morgan fingerprint density at radius 1 is 1.35 bits per heavy atom. The highest BCUT2D eigenvalue weighted by Crippen LogP contribution is 2.16. The van der Waals surface area contributed by atoms with Gasteiger partial charge in [0.15, 0.2) is 0 Å². The molecule has 2 unspecified atom stereocenters. The van der Waals surface area contributed by atoms with Gasteiger partial charge in [-0.1, -0.05) is 0 Å². The van der Waals surface area contributed by atoms with Crippen LogP contribution in [0.2, 0.25) is 0 Å². The van der Waals surface area contributed by atoms with Gasteiger partial charge >= 0.3 is 5.97 Å². The summed E-state index contributed by atoms with van der Waals surface area (Å²) in [5.74, 6) is -1.47. The summed E-state index contributed by atoms with van der Waals surface area (Å²) in [6.07, 6.45) is 1.57. The van der Waals surface area contributed by atoms with E-state index >= 15 is 0 Å². The number of ether oxygens (including phenoxy) is 2. The largest absolute Gasteiger partial charge is 0.478 e. The predicted octanol–water partition coefficient (Wildman–Crippen LogP) is -0.110. The first kappa shape index (κ1) is 13.7. The van der Waals surface area contributed by atoms with Crippen LogP contribution in [0.1, 0.15) is 6.92 Å². The van der Waals surface area contributed by atoms with Crippen molar-refractivity contribution in [1.82, 2.24) is 4.90 Å². The molecule has 1 aliphatic heterocycles. The lowest BCUT2D eigenvalue weighted by Crippen LogP contribution is -2.29. The number of carbonyl (C=O) groups excluding carboxylic acids is 1. The summed E-state index contributed by atoms with van der Waals surface area (Å²) in [7, 11) is 1.57. The molecule has 6 nitrogen and oxygen atoms in total. The Kier molecular flexibility index (Phi) is 5.11. The molecular weight excluding hydrogens is 226 g/mol. The Hall–Kier alpha value is -1.40. The quantitative estimate of drug-likeness (QED) is 0.682. The third-order valence-electron chi connectivity index (χ3n) is 2.58. The molecule has 1 amide bonds. The van der Waals surface area contributed by atoms with E-state index in [9.17, 15) is 9.59 Å². The van der Waals surface area contributed by atoms with Crippen LogP contribution in [0.4, 0.5) is 0 Å². The average Bonchev–Trinajstić information content (AvgIpc) is 2.69. The fourth-order valence-electron chi connectivity index (χ4n) is 1.77. The van der Waals surface area contributed by atoms with Gasteiger partial charge in [-0.05, 0) is 6.92 Å². The zero-order valence-corrected chi connectivity index (χ0v) is 9.96. The van der Waals surface area contributed by atoms with Crippen LogP contribution < -0.4 is 0 Å². The van der Waals surface area contributed by atoms with Crippen molar-refractivity contribution in [3.05, 3.63) is 12.2 Å². The van der Waals surface area contributed by atoms with E-state index in [1.165, 1.54) is 4.90 Å². The molecule has 96 valence electrons. The standard InChI is InChI=1S/C11H17NO5/c1-3-17-9-7-12(6-8(9)16-2)10(13)4-5-11(14)15/h4-5,8-9H,3,6-7H2,1-2H3,(H,14,15)/b5-4+. The third-order valence-corrected chi connectivity index (χ3v) is 2.58. The second kappa shape index (κ2) is 6.36. The summed E-state index contributed by atoms with van der Waals surface area (Å²) in [6, 6.07) is 0. The highest BCUT2D eigenvalue weighted by Gasteiger charge is 2.35. The first-order valence-corrected chi connectivity index (χ1v) is 5.42. The van der Waals surface area contributed by atoms with Gasteiger partial charge in [0.05, 0.1) is 0 Å². The van der Waals surface area contributed by atoms with Gasteiger partial charge in [-0.3, -0.25) is 4.79 Å². The number of methoxy groups -OCH3 is 1. The summed E-state index contributed by atoms with van der Waals surface area (Å²) >= 11 is 0. The van der Waals surface area contributed by atoms with Gasteiger partial charge < -0.3 is 19.5 Å². The van der Waals surface area contributed by atoms with Gasteiger partial charge in [-0.2, -0.15) is 0 Å². The molecule has 1 rings (SSSR count). The molecule has 0 saturated carbocycles. The molecule has 1 fully saturated rings. The number of rotatable bonds is 5. The molecule has 6 heteroatoms. The topological polar surface area (TPSA) is 76.1 Å². The Bertz CT molecular complexity index is 315. The Labute approximate surface area is 99.8 Å². The van der Waals surface area contributed by atoms with E-state index in [2.05, 4.69) is 0 Å². The minimum atomic E-state index is -1.14. The van der Waals surface area contributed by atoms with Gasteiger partial charge in [-0.25, -0.2) is 4.79 Å². The molecular formula is C11H17NO5. The second-order valence-corrected chi connectivity index (χ2v) is 3.68. The summed E-state index contributed by atoms with van der Waals surface area (Å²) in [6.45, 7) is 3.28. The fraction of sp³-hybridized carbons (Fsp3) is 0.636. The van der Waals surface area contributed by atoms with Crippen LogP contribution in [0.5, 0.6) is 0 Å². The monoisotopic (exact) mass is 243 g/mol. The van der Waals surface area contributed by atoms with E-state index < -0.39 is 5.97 Å². The second-order valence-electron chi connectivity index (χ2n) is 3.68. The molecule has 0 aliphatic carbocycles. The van der Waals surface area contributed by atoms with Crippen LogP contribution in [0.15, 0.2) is 12.2 Å². The van der Waals surface area contributed by atoms with E-state index in [1.54, 1.807) is 7.11 Å². The molecule has 1 saturated heterocycles. The molecule has 0 aromatic heterocycles. The number of hydrogen-bond acceptors (Lipinski definition) is 4. The number of likely N-dealkylation sites (tertiary alicyclic amines) is 1. The molecule has 0 spiro atoms. The number of aliphatic carboxylic acids is 1. The van der Waals surface area contributed by atoms with E-state index in [1.807, 2.05) is 6.92 Å². The van der Waals surface area contributed by atoms with Crippen LogP contribution in [0.25, 0.3) is 0 Å². The van der Waals surface area contributed by atoms with Crippen LogP contribution >= 0.6 is 0 Å². The molecule has 17 heavy (non-hydrogen) atoms. The average molecular weight is 243 g/mol. The van der Waals surface area contributed by atoms with Crippen molar-refractivity contribution in [2.75, 3.05) is 26.8 Å². The first-order valence-electron chi connectivity index (χ1n) is 5.42. The maximum Gasteiger partial charge on any atom is 0.328 e. The van der Waals surface area contributed by atoms with Crippen LogP contribution in [-0.4, -0.2) is 60.9 Å². The number of nitrogens with zero attached hydrogens (tertiary/aromatic N) is 1. The van der Waals surface area contributed by atoms with E-state index in [-0.39, 0.29) is 18.1 Å². The number of amides is 1. The van der Waals surface area contributed by atoms with E-state index in [0.29, 0.717) is 19.7 Å². The molecule has 0 bridgehead atoms. The predicted molar refractivity (Wildman–Crippen MR) is 59.6 cm³/mol. The molecule has 0 aromatic rings. The van der Waals surface area contributed by atoms with Crippen molar-refractivity contribution in [1.29, 1.82) is 0 Å². The van der Waals surface area contributed by atoms with Gasteiger partial charge in [-0.15, -0.1) is 0 Å². The summed E-state index contributed by atoms with van der Waals surface area (Å²) in [4.78, 5) is 23.4. The van der Waals surface area contributed by atoms with Crippen molar-refractivity contribution in [3.8, 4) is 0 Å². The van der Waals surface area contributed by atoms with Crippen molar-refractivity contribution in [3.63, 3.8) is 0 Å². The molecule has 0 radical (unpaired) electrons. The number of carbonyl (C=O) groups is 2. The molecule has 1 N–H and O–H groups in total. The normalized spacial score (nSPS) is 24.5. The van der Waals surface area contributed by atoms with Crippen molar-refractivity contribution in [2.45, 2.75) is 19.1 Å². The summed E-state index contributed by atoms with van der Waals surface area (Å²) < 4.78 is 10.7. The Morgan fingerprint density at radius 2 is 2.00 bits per heavy atom. The minimum Gasteiger partial charge on any atom is -0.478 e. The number of carboxylic acid groups (broad SMARTS) is 1. The highest BCUT2D eigenvalue weighted by molar-refractivity contribution is 5.94. The maximum absolute atomic E-state index is 11.6. The van der Waals surface area contributed by atoms with E-state index in [4.69, 9.17) is 14.6 Å². The number of carboxylic acids is 1. The zero-order chi connectivity index (χ0) is 12.8. The van der Waals surface area contributed by atoms with Gasteiger partial charge in [0, 0.05) is 39.0 Å². The first-order chi connectivity index (χ1) is 8.08. The van der Waals surface area contributed by atoms with Gasteiger partial charge in [0.25, 0.3) is 0 Å². The minimum absolute atomic E-state index is 0.146. The van der Waals surface area contributed by atoms with Gasteiger partial charge in [0.2, 0.25) is 5.91 Å². The van der Waals surface area contributed by atoms with Crippen molar-refractivity contribution >= 4 is 11.9 Å². The number of hydrogen-bond donors (Lipinski definition) is 1. The lowest BCUT2D eigenvalue weighted by Gasteiger charge is -2.15. The summed E-state index contributed by atoms with van der Waals surface area (Å²) in [5, 5.41) is 8.43. The molecule has 1 aliphatic rings. The van der Waals surface area contributed by atoms with E-state index in [0.717, 1.165) is 12.2 Å². The van der Waals surface area contributed by atoms with Crippen molar-refractivity contribution < 1.29 is 24.2 Å². The van der Waals surface area contributed by atoms with Crippen molar-refractivity contribution in [2.24, 2.45) is 0 Å². The van der Waals surface area contributed by atoms with Crippen LogP contribution in [-0.2, 0) is 19.1 Å². The smallest absolute Gasteiger partial charge is 0.328 e. The fourth-order valence-corrected chi connectivity index (χ4v) is 1.77. The Morgan fingerprint density at radius 3 is 2.53 bits per heavy atom. The third kappa shape index (κ3) is 3.83. The zero-order valence-electron chi connectivity index (χ0n) is 9.96. The lowest BCUT2D eigenvalue weighted by atomic mass is 10.2. The molecule has 0 aromatic carbocycles. The maximum atomic E-state index is 11.6. The van der Waals surface area contributed by atoms with Crippen LogP contribution in [0, 0.1) is 0 Å². The van der Waals surface area contributed by atoms with Crippen LogP contribution in [0.3, 0.4) is 0 Å². The Balaban J connectivity index is 2.57. The van der Waals surface area contributed by atoms with Gasteiger partial charge in [0.1, 0.15) is 12.2 Å². The SMILES string of the molecule is CCOC1CN(C(=O)/C=C/C(=O)O)CC1OC.